The monoisotopic (exact) mass is 383 g/mol. The van der Waals surface area contributed by atoms with Crippen LogP contribution in [0.25, 0.3) is 0 Å². The van der Waals surface area contributed by atoms with Crippen LogP contribution in [-0.4, -0.2) is 67.1 Å². The summed E-state index contributed by atoms with van der Waals surface area (Å²) in [6.07, 6.45) is -1.18. The first-order valence-corrected chi connectivity index (χ1v) is 9.77. The molecule has 1 unspecified atom stereocenters. The van der Waals surface area contributed by atoms with Crippen molar-refractivity contribution in [1.29, 1.82) is 5.26 Å². The SMILES string of the molecule is Cc1c([C@H]2C[N+]3([O-])CCN(C(=O)O)C[C@H]3CS2(=O)=O)ccc(F)c1C#N. The average molecular weight is 383 g/mol. The first-order chi connectivity index (χ1) is 12.1. The minimum Gasteiger partial charge on any atom is -0.632 e. The summed E-state index contributed by atoms with van der Waals surface area (Å²) < 4.78 is 38.6. The first kappa shape index (κ1) is 18.6. The number of carboxylic acid groups (broad SMARTS) is 1. The molecule has 0 radical (unpaired) electrons. The van der Waals surface area contributed by atoms with Gasteiger partial charge in [0, 0.05) is 0 Å². The minimum atomic E-state index is -3.76. The van der Waals surface area contributed by atoms with Gasteiger partial charge in [0.2, 0.25) is 0 Å². The zero-order valence-corrected chi connectivity index (χ0v) is 14.9. The number of fused-ring (bicyclic) bond motifs is 1. The number of nitriles is 1. The Hall–Kier alpha value is -2.22. The van der Waals surface area contributed by atoms with E-state index in [-0.39, 0.29) is 42.9 Å². The number of rotatable bonds is 1. The fourth-order valence-corrected chi connectivity index (χ4v) is 6.09. The van der Waals surface area contributed by atoms with E-state index < -0.39 is 43.4 Å². The topological polar surface area (TPSA) is 122 Å². The van der Waals surface area contributed by atoms with Gasteiger partial charge in [-0.15, -0.1) is 0 Å². The third-order valence-corrected chi connectivity index (χ3v) is 7.48. The van der Waals surface area contributed by atoms with E-state index in [4.69, 9.17) is 10.4 Å². The summed E-state index contributed by atoms with van der Waals surface area (Å²) in [6, 6.07) is 3.21. The van der Waals surface area contributed by atoms with Gasteiger partial charge in [-0.3, -0.25) is 4.90 Å². The van der Waals surface area contributed by atoms with E-state index in [0.29, 0.717) is 0 Å². The molecule has 0 bridgehead atoms. The molecule has 10 heteroatoms. The summed E-state index contributed by atoms with van der Waals surface area (Å²) in [5.41, 5.74) is 0.249. The van der Waals surface area contributed by atoms with Crippen molar-refractivity contribution >= 4 is 15.9 Å². The molecule has 2 saturated heterocycles. The predicted molar refractivity (Wildman–Crippen MR) is 89.1 cm³/mol. The van der Waals surface area contributed by atoms with E-state index in [0.717, 1.165) is 11.0 Å². The van der Waals surface area contributed by atoms with Crippen LogP contribution in [0.5, 0.6) is 0 Å². The molecule has 1 N–H and O–H groups in total. The number of benzene rings is 1. The molecule has 3 rings (SSSR count). The molecule has 2 fully saturated rings. The van der Waals surface area contributed by atoms with Gasteiger partial charge in [-0.1, -0.05) is 6.07 Å². The molecule has 140 valence electrons. The summed E-state index contributed by atoms with van der Waals surface area (Å²) in [7, 11) is -3.76. The zero-order chi connectivity index (χ0) is 19.3. The summed E-state index contributed by atoms with van der Waals surface area (Å²) in [6.45, 7) is 1.08. The number of carbonyl (C=O) groups is 1. The predicted octanol–water partition coefficient (Wildman–Crippen LogP) is 1.15. The average Bonchev–Trinajstić information content (AvgIpc) is 2.55. The second-order valence-corrected chi connectivity index (χ2v) is 9.04. The Balaban J connectivity index is 2.00. The molecular formula is C16H18FN3O5S. The number of piperazine rings is 1. The minimum absolute atomic E-state index is 0.0334. The number of hydroxylamine groups is 3. The van der Waals surface area contributed by atoms with Gasteiger partial charge in [0.15, 0.2) is 9.84 Å². The van der Waals surface area contributed by atoms with Gasteiger partial charge in [-0.2, -0.15) is 5.26 Å². The normalized spacial score (nSPS) is 30.3. The highest BCUT2D eigenvalue weighted by Gasteiger charge is 2.50. The summed E-state index contributed by atoms with van der Waals surface area (Å²) in [5.74, 6) is -1.18. The van der Waals surface area contributed by atoms with E-state index in [9.17, 15) is 22.8 Å². The molecule has 0 saturated carbocycles. The van der Waals surface area contributed by atoms with Crippen LogP contribution in [0.1, 0.15) is 21.9 Å². The van der Waals surface area contributed by atoms with Crippen molar-refractivity contribution in [2.75, 3.05) is 31.9 Å². The lowest BCUT2D eigenvalue weighted by Gasteiger charge is -2.56. The maximum absolute atomic E-state index is 13.8. The molecule has 8 nitrogen and oxygen atoms in total. The van der Waals surface area contributed by atoms with Crippen LogP contribution >= 0.6 is 0 Å². The lowest BCUT2D eigenvalue weighted by Crippen LogP contribution is -2.69. The van der Waals surface area contributed by atoms with Crippen molar-refractivity contribution in [1.82, 2.24) is 4.90 Å². The van der Waals surface area contributed by atoms with Crippen LogP contribution in [0.2, 0.25) is 0 Å². The highest BCUT2D eigenvalue weighted by atomic mass is 32.2. The molecule has 1 aromatic rings. The molecule has 1 aromatic carbocycles. The van der Waals surface area contributed by atoms with Gasteiger partial charge in [-0.05, 0) is 24.1 Å². The van der Waals surface area contributed by atoms with E-state index in [2.05, 4.69) is 0 Å². The van der Waals surface area contributed by atoms with E-state index in [1.807, 2.05) is 0 Å². The van der Waals surface area contributed by atoms with Gasteiger partial charge >= 0.3 is 6.09 Å². The van der Waals surface area contributed by atoms with Crippen LogP contribution in [0.3, 0.4) is 0 Å². The van der Waals surface area contributed by atoms with Crippen molar-refractivity contribution in [3.05, 3.63) is 39.8 Å². The first-order valence-electron chi connectivity index (χ1n) is 8.05. The third-order valence-electron chi connectivity index (χ3n) is 5.36. The lowest BCUT2D eigenvalue weighted by atomic mass is 9.98. The Kier molecular flexibility index (Phi) is 4.42. The van der Waals surface area contributed by atoms with Crippen LogP contribution in [0.15, 0.2) is 12.1 Å². The Morgan fingerprint density at radius 1 is 1.50 bits per heavy atom. The van der Waals surface area contributed by atoms with E-state index in [1.165, 1.54) is 13.0 Å². The fraction of sp³-hybridized carbons (Fsp3) is 0.500. The maximum atomic E-state index is 13.8. The molecule has 1 amide bonds. The number of sulfone groups is 1. The molecule has 0 spiro atoms. The molecule has 0 aromatic heterocycles. The standard InChI is InChI=1S/C16H18FN3O5S/c1-10-12(2-3-14(17)13(10)6-18)15-8-20(23)5-4-19(16(21)22)7-11(20)9-26(15,24)25/h2-3,11,15H,4-5,7-9H2,1H3,(H,21,22)/t11-,15+,20?/m0/s1. The Morgan fingerprint density at radius 2 is 2.19 bits per heavy atom. The second-order valence-electron chi connectivity index (χ2n) is 6.81. The summed E-state index contributed by atoms with van der Waals surface area (Å²) >= 11 is 0. The smallest absolute Gasteiger partial charge is 0.407 e. The second kappa shape index (κ2) is 6.19. The van der Waals surface area contributed by atoms with Crippen molar-refractivity contribution in [3.8, 4) is 6.07 Å². The van der Waals surface area contributed by atoms with Gasteiger partial charge < -0.3 is 15.0 Å². The number of halogens is 1. The zero-order valence-electron chi connectivity index (χ0n) is 14.1. The largest absolute Gasteiger partial charge is 0.632 e. The Morgan fingerprint density at radius 3 is 2.81 bits per heavy atom. The van der Waals surface area contributed by atoms with Crippen LogP contribution < -0.4 is 0 Å². The Bertz CT molecular complexity index is 913. The van der Waals surface area contributed by atoms with Crippen LogP contribution in [0.4, 0.5) is 9.18 Å². The van der Waals surface area contributed by atoms with Gasteiger partial charge in [0.1, 0.15) is 28.9 Å². The molecule has 26 heavy (non-hydrogen) atoms. The van der Waals surface area contributed by atoms with Gasteiger partial charge in [0.05, 0.1) is 31.7 Å². The number of hydrogen-bond acceptors (Lipinski definition) is 5. The van der Waals surface area contributed by atoms with E-state index >= 15 is 0 Å². The number of quaternary nitrogens is 1. The van der Waals surface area contributed by atoms with E-state index in [1.54, 1.807) is 6.07 Å². The molecule has 2 aliphatic rings. The molecule has 0 aliphatic carbocycles. The molecule has 3 atom stereocenters. The molecular weight excluding hydrogens is 365 g/mol. The van der Waals surface area contributed by atoms with Crippen LogP contribution in [-0.2, 0) is 9.84 Å². The van der Waals surface area contributed by atoms with Crippen molar-refractivity contribution in [2.24, 2.45) is 0 Å². The van der Waals surface area contributed by atoms with Gasteiger partial charge in [-0.25, -0.2) is 17.6 Å². The number of nitrogens with zero attached hydrogens (tertiary/aromatic N) is 3. The van der Waals surface area contributed by atoms with Crippen molar-refractivity contribution in [3.63, 3.8) is 0 Å². The number of amides is 1. The molecule has 2 aliphatic heterocycles. The van der Waals surface area contributed by atoms with Crippen molar-refractivity contribution in [2.45, 2.75) is 18.2 Å². The quantitative estimate of drug-likeness (QED) is 0.573. The molecule has 2 heterocycles. The summed E-state index contributed by atoms with van der Waals surface area (Å²) in [4.78, 5) is 12.2. The van der Waals surface area contributed by atoms with Crippen LogP contribution in [0, 0.1) is 29.3 Å². The van der Waals surface area contributed by atoms with Gasteiger partial charge in [0.25, 0.3) is 0 Å². The number of hydrogen-bond donors (Lipinski definition) is 1. The highest BCUT2D eigenvalue weighted by molar-refractivity contribution is 7.91. The maximum Gasteiger partial charge on any atom is 0.407 e. The lowest BCUT2D eigenvalue weighted by molar-refractivity contribution is -0.908. The highest BCUT2D eigenvalue weighted by Crippen LogP contribution is 2.38. The summed E-state index contributed by atoms with van der Waals surface area (Å²) in [5, 5.41) is 30.3. The fourth-order valence-electron chi connectivity index (χ4n) is 3.82. The Labute approximate surface area is 150 Å². The van der Waals surface area contributed by atoms with Crippen molar-refractivity contribution < 1.29 is 27.4 Å². The third kappa shape index (κ3) is 2.92.